The summed E-state index contributed by atoms with van der Waals surface area (Å²) in [4.78, 5) is 23.4. The third-order valence-corrected chi connectivity index (χ3v) is 3.74. The Morgan fingerprint density at radius 3 is 2.26 bits per heavy atom. The van der Waals surface area contributed by atoms with Crippen molar-refractivity contribution in [1.82, 2.24) is 0 Å². The first kappa shape index (κ1) is 13.6. The number of anilines is 1. The monoisotopic (exact) mass is 261 g/mol. The van der Waals surface area contributed by atoms with E-state index in [4.69, 9.17) is 0 Å². The van der Waals surface area contributed by atoms with Gasteiger partial charge in [0.2, 0.25) is 5.91 Å². The molecule has 2 rings (SSSR count). The molecule has 4 heteroatoms. The highest BCUT2D eigenvalue weighted by molar-refractivity contribution is 5.95. The Hall–Kier alpha value is -1.84. The molecule has 0 heterocycles. The van der Waals surface area contributed by atoms with Crippen molar-refractivity contribution in [3.63, 3.8) is 0 Å². The fourth-order valence-corrected chi connectivity index (χ4v) is 2.61. The predicted octanol–water partition coefficient (Wildman–Crippen LogP) is 2.82. The van der Waals surface area contributed by atoms with Gasteiger partial charge in [-0.1, -0.05) is 30.5 Å². The Balaban J connectivity index is 2.05. The van der Waals surface area contributed by atoms with Crippen LogP contribution in [0.3, 0.4) is 0 Å². The van der Waals surface area contributed by atoms with Crippen molar-refractivity contribution in [3.8, 4) is 0 Å². The highest BCUT2D eigenvalue weighted by atomic mass is 16.4. The molecule has 102 valence electrons. The molecule has 0 radical (unpaired) electrons. The zero-order chi connectivity index (χ0) is 13.8. The number of carbonyl (C=O) groups is 2. The van der Waals surface area contributed by atoms with Crippen LogP contribution >= 0.6 is 0 Å². The lowest BCUT2D eigenvalue weighted by molar-refractivity contribution is -0.147. The van der Waals surface area contributed by atoms with Gasteiger partial charge in [-0.15, -0.1) is 0 Å². The van der Waals surface area contributed by atoms with Gasteiger partial charge in [-0.05, 0) is 31.9 Å². The molecule has 0 aromatic heterocycles. The molecule has 1 aliphatic rings. The van der Waals surface area contributed by atoms with E-state index < -0.39 is 17.8 Å². The lowest BCUT2D eigenvalue weighted by Gasteiger charge is -2.27. The maximum absolute atomic E-state index is 12.2. The van der Waals surface area contributed by atoms with Crippen molar-refractivity contribution >= 4 is 17.6 Å². The first-order valence-corrected chi connectivity index (χ1v) is 6.68. The second-order valence-electron chi connectivity index (χ2n) is 5.19. The molecule has 1 aromatic carbocycles. The highest BCUT2D eigenvalue weighted by Gasteiger charge is 2.35. The number of carboxylic acid groups (broad SMARTS) is 1. The highest BCUT2D eigenvalue weighted by Crippen LogP contribution is 2.31. The number of amides is 1. The van der Waals surface area contributed by atoms with Crippen molar-refractivity contribution < 1.29 is 14.7 Å². The molecule has 0 unspecified atom stereocenters. The van der Waals surface area contributed by atoms with Crippen LogP contribution < -0.4 is 5.32 Å². The van der Waals surface area contributed by atoms with Crippen molar-refractivity contribution in [2.24, 2.45) is 11.8 Å². The Labute approximate surface area is 112 Å². The fourth-order valence-electron chi connectivity index (χ4n) is 2.61. The van der Waals surface area contributed by atoms with E-state index in [-0.39, 0.29) is 5.91 Å². The van der Waals surface area contributed by atoms with Gasteiger partial charge >= 0.3 is 5.97 Å². The summed E-state index contributed by atoms with van der Waals surface area (Å²) < 4.78 is 0. The summed E-state index contributed by atoms with van der Waals surface area (Å²) >= 11 is 0. The molecular weight excluding hydrogens is 242 g/mol. The number of rotatable bonds is 3. The van der Waals surface area contributed by atoms with Gasteiger partial charge < -0.3 is 10.4 Å². The summed E-state index contributed by atoms with van der Waals surface area (Å²) in [5, 5.41) is 12.0. The van der Waals surface area contributed by atoms with Crippen molar-refractivity contribution in [1.29, 1.82) is 0 Å². The summed E-state index contributed by atoms with van der Waals surface area (Å²) in [5.74, 6) is -1.98. The van der Waals surface area contributed by atoms with Crippen molar-refractivity contribution in [2.45, 2.75) is 32.6 Å². The molecule has 4 nitrogen and oxygen atoms in total. The Morgan fingerprint density at radius 2 is 1.68 bits per heavy atom. The van der Waals surface area contributed by atoms with Gasteiger partial charge in [0, 0.05) is 5.69 Å². The van der Waals surface area contributed by atoms with Crippen molar-refractivity contribution in [3.05, 3.63) is 29.8 Å². The van der Waals surface area contributed by atoms with E-state index in [0.717, 1.165) is 24.1 Å². The molecule has 0 bridgehead atoms. The van der Waals surface area contributed by atoms with Crippen LogP contribution in [-0.2, 0) is 9.59 Å². The SMILES string of the molecule is Cc1ccc(NC(=O)[C@@H]2CCCC[C@H]2C(=O)O)cc1. The third-order valence-electron chi connectivity index (χ3n) is 3.74. The van der Waals surface area contributed by atoms with Gasteiger partial charge in [-0.3, -0.25) is 9.59 Å². The number of carbonyl (C=O) groups excluding carboxylic acids is 1. The zero-order valence-corrected chi connectivity index (χ0v) is 11.1. The quantitative estimate of drug-likeness (QED) is 0.879. The number of nitrogens with one attached hydrogen (secondary N) is 1. The topological polar surface area (TPSA) is 66.4 Å². The lowest BCUT2D eigenvalue weighted by atomic mass is 9.78. The largest absolute Gasteiger partial charge is 0.481 e. The van der Waals surface area contributed by atoms with Gasteiger partial charge in [0.25, 0.3) is 0 Å². The van der Waals surface area contributed by atoms with E-state index in [1.807, 2.05) is 31.2 Å². The first-order chi connectivity index (χ1) is 9.08. The van der Waals surface area contributed by atoms with Gasteiger partial charge in [0.15, 0.2) is 0 Å². The summed E-state index contributed by atoms with van der Waals surface area (Å²) in [6, 6.07) is 7.52. The van der Waals surface area contributed by atoms with E-state index in [9.17, 15) is 14.7 Å². The van der Waals surface area contributed by atoms with E-state index in [0.29, 0.717) is 12.8 Å². The molecule has 1 aromatic rings. The molecular formula is C15H19NO3. The van der Waals surface area contributed by atoms with Crippen LogP contribution in [0, 0.1) is 18.8 Å². The van der Waals surface area contributed by atoms with Gasteiger partial charge in [-0.2, -0.15) is 0 Å². The molecule has 1 aliphatic carbocycles. The Bertz CT molecular complexity index is 467. The maximum atomic E-state index is 12.2. The second kappa shape index (κ2) is 5.87. The average Bonchev–Trinajstić information content (AvgIpc) is 2.41. The molecule has 0 aliphatic heterocycles. The van der Waals surface area contributed by atoms with Crippen molar-refractivity contribution in [2.75, 3.05) is 5.32 Å². The van der Waals surface area contributed by atoms with E-state index in [2.05, 4.69) is 5.32 Å². The minimum absolute atomic E-state index is 0.170. The molecule has 2 N–H and O–H groups in total. The molecule has 0 saturated heterocycles. The molecule has 1 amide bonds. The molecule has 2 atom stereocenters. The van der Waals surface area contributed by atoms with E-state index in [1.165, 1.54) is 0 Å². The number of hydrogen-bond donors (Lipinski definition) is 2. The molecule has 1 saturated carbocycles. The lowest BCUT2D eigenvalue weighted by Crippen LogP contribution is -2.36. The van der Waals surface area contributed by atoms with E-state index >= 15 is 0 Å². The number of carboxylic acids is 1. The number of benzene rings is 1. The average molecular weight is 261 g/mol. The van der Waals surface area contributed by atoms with Crippen LogP contribution in [0.5, 0.6) is 0 Å². The molecule has 0 spiro atoms. The number of hydrogen-bond acceptors (Lipinski definition) is 2. The van der Waals surface area contributed by atoms with Crippen LogP contribution in [0.2, 0.25) is 0 Å². The zero-order valence-electron chi connectivity index (χ0n) is 11.1. The smallest absolute Gasteiger partial charge is 0.307 e. The van der Waals surface area contributed by atoms with Crippen LogP contribution in [0.25, 0.3) is 0 Å². The number of aliphatic carboxylic acids is 1. The first-order valence-electron chi connectivity index (χ1n) is 6.68. The summed E-state index contributed by atoms with van der Waals surface area (Å²) in [7, 11) is 0. The summed E-state index contributed by atoms with van der Waals surface area (Å²) in [6.45, 7) is 1.98. The number of aryl methyl sites for hydroxylation is 1. The van der Waals surface area contributed by atoms with Gasteiger partial charge in [0.1, 0.15) is 0 Å². The fraction of sp³-hybridized carbons (Fsp3) is 0.467. The minimum atomic E-state index is -0.858. The predicted molar refractivity (Wildman–Crippen MR) is 72.9 cm³/mol. The third kappa shape index (κ3) is 3.34. The Morgan fingerprint density at radius 1 is 1.11 bits per heavy atom. The van der Waals surface area contributed by atoms with Gasteiger partial charge in [0.05, 0.1) is 11.8 Å². The maximum Gasteiger partial charge on any atom is 0.307 e. The molecule has 1 fully saturated rings. The van der Waals surface area contributed by atoms with Crippen LogP contribution in [-0.4, -0.2) is 17.0 Å². The standard InChI is InChI=1S/C15H19NO3/c1-10-6-8-11(9-7-10)16-14(17)12-4-2-3-5-13(12)15(18)19/h6-9,12-13H,2-5H2,1H3,(H,16,17)(H,18,19)/t12-,13-/m1/s1. The van der Waals surface area contributed by atoms with Crippen LogP contribution in [0.4, 0.5) is 5.69 Å². The second-order valence-corrected chi connectivity index (χ2v) is 5.19. The van der Waals surface area contributed by atoms with E-state index in [1.54, 1.807) is 0 Å². The minimum Gasteiger partial charge on any atom is -0.481 e. The normalized spacial score (nSPS) is 22.8. The van der Waals surface area contributed by atoms with Crippen LogP contribution in [0.1, 0.15) is 31.2 Å². The van der Waals surface area contributed by atoms with Crippen LogP contribution in [0.15, 0.2) is 24.3 Å². The summed E-state index contributed by atoms with van der Waals surface area (Å²) in [5.41, 5.74) is 1.85. The molecule has 19 heavy (non-hydrogen) atoms. The Kier molecular flexibility index (Phi) is 4.20. The summed E-state index contributed by atoms with van der Waals surface area (Å²) in [6.07, 6.45) is 3.08. The van der Waals surface area contributed by atoms with Gasteiger partial charge in [-0.25, -0.2) is 0 Å².